The minimum atomic E-state index is 0.824. The highest BCUT2D eigenvalue weighted by molar-refractivity contribution is 7.99. The van der Waals surface area contributed by atoms with Crippen molar-refractivity contribution in [1.29, 1.82) is 0 Å². The van der Waals surface area contributed by atoms with Crippen LogP contribution in [0.15, 0.2) is 29.2 Å². The Bertz CT molecular complexity index is 309. The smallest absolute Gasteiger partial charge is 0.0104 e. The van der Waals surface area contributed by atoms with Gasteiger partial charge in [-0.1, -0.05) is 18.2 Å². The van der Waals surface area contributed by atoms with Crippen LogP contribution in [0.25, 0.3) is 0 Å². The Hall–Kier alpha value is -0.470. The van der Waals surface area contributed by atoms with Crippen LogP contribution < -0.4 is 0 Å². The van der Waals surface area contributed by atoms with Gasteiger partial charge in [0.1, 0.15) is 0 Å². The van der Waals surface area contributed by atoms with Crippen LogP contribution in [-0.2, 0) is 6.42 Å². The molecule has 0 N–H and O–H groups in total. The van der Waals surface area contributed by atoms with E-state index < -0.39 is 0 Å². The van der Waals surface area contributed by atoms with Gasteiger partial charge < -0.3 is 4.90 Å². The highest BCUT2D eigenvalue weighted by atomic mass is 32.2. The lowest BCUT2D eigenvalue weighted by Crippen LogP contribution is -2.26. The van der Waals surface area contributed by atoms with Crippen molar-refractivity contribution in [2.24, 2.45) is 5.92 Å². The number of thioether (sulfide) groups is 1. The van der Waals surface area contributed by atoms with Gasteiger partial charge in [-0.3, -0.25) is 0 Å². The van der Waals surface area contributed by atoms with E-state index in [0.717, 1.165) is 5.92 Å². The third-order valence-corrected chi connectivity index (χ3v) is 3.93. The maximum atomic E-state index is 2.29. The van der Waals surface area contributed by atoms with Crippen molar-refractivity contribution in [1.82, 2.24) is 4.90 Å². The number of rotatable bonds is 2. The SMILES string of the molecule is CN(C)CC1CSc2ccccc2C1. The van der Waals surface area contributed by atoms with E-state index in [4.69, 9.17) is 0 Å². The first-order valence-electron chi connectivity index (χ1n) is 5.11. The Balaban J connectivity index is 2.06. The molecule has 0 radical (unpaired) electrons. The van der Waals surface area contributed by atoms with Crippen molar-refractivity contribution in [2.45, 2.75) is 11.3 Å². The van der Waals surface area contributed by atoms with Gasteiger partial charge in [0.15, 0.2) is 0 Å². The van der Waals surface area contributed by atoms with E-state index in [1.54, 1.807) is 0 Å². The molecule has 14 heavy (non-hydrogen) atoms. The van der Waals surface area contributed by atoms with Crippen LogP contribution in [0.4, 0.5) is 0 Å². The monoisotopic (exact) mass is 207 g/mol. The molecule has 1 aromatic carbocycles. The van der Waals surface area contributed by atoms with E-state index in [1.165, 1.54) is 29.2 Å². The Morgan fingerprint density at radius 3 is 2.93 bits per heavy atom. The molecule has 0 spiro atoms. The molecule has 1 aliphatic rings. The molecule has 0 saturated carbocycles. The van der Waals surface area contributed by atoms with Crippen molar-refractivity contribution < 1.29 is 0 Å². The first-order valence-corrected chi connectivity index (χ1v) is 6.09. The zero-order valence-electron chi connectivity index (χ0n) is 8.86. The zero-order chi connectivity index (χ0) is 9.97. The summed E-state index contributed by atoms with van der Waals surface area (Å²) in [5.74, 6) is 2.10. The summed E-state index contributed by atoms with van der Waals surface area (Å²) >= 11 is 2.01. The number of benzene rings is 1. The molecule has 1 atom stereocenters. The van der Waals surface area contributed by atoms with Gasteiger partial charge in [-0.05, 0) is 38.1 Å². The van der Waals surface area contributed by atoms with Crippen LogP contribution in [-0.4, -0.2) is 31.3 Å². The van der Waals surface area contributed by atoms with E-state index >= 15 is 0 Å². The maximum absolute atomic E-state index is 2.29. The van der Waals surface area contributed by atoms with Gasteiger partial charge in [-0.25, -0.2) is 0 Å². The molecule has 1 aliphatic heterocycles. The van der Waals surface area contributed by atoms with Gasteiger partial charge in [-0.2, -0.15) is 0 Å². The van der Waals surface area contributed by atoms with E-state index in [0.29, 0.717) is 0 Å². The number of fused-ring (bicyclic) bond motifs is 1. The summed E-state index contributed by atoms with van der Waals surface area (Å²) in [4.78, 5) is 3.78. The van der Waals surface area contributed by atoms with Crippen LogP contribution in [0.2, 0.25) is 0 Å². The lowest BCUT2D eigenvalue weighted by Gasteiger charge is -2.26. The lowest BCUT2D eigenvalue weighted by atomic mass is 10.00. The highest BCUT2D eigenvalue weighted by Crippen LogP contribution is 2.32. The Kier molecular flexibility index (Phi) is 3.14. The molecule has 0 aromatic heterocycles. The first kappa shape index (κ1) is 10.1. The molecule has 1 aromatic rings. The van der Waals surface area contributed by atoms with E-state index in [9.17, 15) is 0 Å². The van der Waals surface area contributed by atoms with Crippen molar-refractivity contribution >= 4 is 11.8 Å². The zero-order valence-corrected chi connectivity index (χ0v) is 9.68. The molecule has 2 rings (SSSR count). The summed E-state index contributed by atoms with van der Waals surface area (Å²) < 4.78 is 0. The molecule has 0 aliphatic carbocycles. The second-order valence-electron chi connectivity index (χ2n) is 4.25. The van der Waals surface area contributed by atoms with Crippen LogP contribution in [0.3, 0.4) is 0 Å². The number of hydrogen-bond acceptors (Lipinski definition) is 2. The van der Waals surface area contributed by atoms with Gasteiger partial charge >= 0.3 is 0 Å². The van der Waals surface area contributed by atoms with Gasteiger partial charge in [-0.15, -0.1) is 11.8 Å². The van der Waals surface area contributed by atoms with Crippen LogP contribution in [0.1, 0.15) is 5.56 Å². The van der Waals surface area contributed by atoms with Crippen LogP contribution in [0, 0.1) is 5.92 Å². The van der Waals surface area contributed by atoms with Gasteiger partial charge in [0.2, 0.25) is 0 Å². The molecule has 1 unspecified atom stereocenters. The largest absolute Gasteiger partial charge is 0.309 e. The molecule has 1 nitrogen and oxygen atoms in total. The average Bonchev–Trinajstić information content (AvgIpc) is 2.17. The fourth-order valence-electron chi connectivity index (χ4n) is 2.02. The van der Waals surface area contributed by atoms with E-state index in [1.807, 2.05) is 11.8 Å². The summed E-state index contributed by atoms with van der Waals surface area (Å²) in [6.45, 7) is 1.21. The summed E-state index contributed by atoms with van der Waals surface area (Å²) in [6, 6.07) is 8.80. The number of hydrogen-bond donors (Lipinski definition) is 0. The van der Waals surface area contributed by atoms with Crippen molar-refractivity contribution in [3.05, 3.63) is 29.8 Å². The molecule has 1 heterocycles. The quantitative estimate of drug-likeness (QED) is 0.733. The average molecular weight is 207 g/mol. The van der Waals surface area contributed by atoms with Crippen molar-refractivity contribution in [2.75, 3.05) is 26.4 Å². The maximum Gasteiger partial charge on any atom is 0.0104 e. The lowest BCUT2D eigenvalue weighted by molar-refractivity contribution is 0.339. The molecule has 0 bridgehead atoms. The summed E-state index contributed by atoms with van der Waals surface area (Å²) in [5.41, 5.74) is 1.54. The summed E-state index contributed by atoms with van der Waals surface area (Å²) in [7, 11) is 4.32. The Morgan fingerprint density at radius 2 is 2.14 bits per heavy atom. The fourth-order valence-corrected chi connectivity index (χ4v) is 3.17. The van der Waals surface area contributed by atoms with Gasteiger partial charge in [0.05, 0.1) is 0 Å². The molecular weight excluding hydrogens is 190 g/mol. The molecule has 0 fully saturated rings. The summed E-state index contributed by atoms with van der Waals surface area (Å²) in [6.07, 6.45) is 1.25. The Morgan fingerprint density at radius 1 is 1.36 bits per heavy atom. The van der Waals surface area contributed by atoms with E-state index in [-0.39, 0.29) is 0 Å². The highest BCUT2D eigenvalue weighted by Gasteiger charge is 2.18. The molecular formula is C12H17NS. The summed E-state index contributed by atoms with van der Waals surface area (Å²) in [5, 5.41) is 0. The van der Waals surface area contributed by atoms with Crippen LogP contribution >= 0.6 is 11.8 Å². The van der Waals surface area contributed by atoms with E-state index in [2.05, 4.69) is 43.3 Å². The minimum Gasteiger partial charge on any atom is -0.309 e. The third-order valence-electron chi connectivity index (χ3n) is 2.58. The van der Waals surface area contributed by atoms with Gasteiger partial charge in [0.25, 0.3) is 0 Å². The van der Waals surface area contributed by atoms with Crippen molar-refractivity contribution in [3.8, 4) is 0 Å². The first-order chi connectivity index (χ1) is 6.75. The van der Waals surface area contributed by atoms with Crippen molar-refractivity contribution in [3.63, 3.8) is 0 Å². The topological polar surface area (TPSA) is 3.24 Å². The fraction of sp³-hybridized carbons (Fsp3) is 0.500. The standard InChI is InChI=1S/C12H17NS/c1-13(2)8-10-7-11-5-3-4-6-12(11)14-9-10/h3-6,10H,7-9H2,1-2H3. The predicted molar refractivity (Wildman–Crippen MR) is 62.9 cm³/mol. The third kappa shape index (κ3) is 2.31. The second kappa shape index (κ2) is 4.37. The van der Waals surface area contributed by atoms with Crippen LogP contribution in [0.5, 0.6) is 0 Å². The van der Waals surface area contributed by atoms with Gasteiger partial charge in [0, 0.05) is 17.2 Å². The molecule has 2 heteroatoms. The molecule has 0 saturated heterocycles. The Labute approximate surface area is 90.5 Å². The predicted octanol–water partition coefficient (Wildman–Crippen LogP) is 2.51. The molecule has 0 amide bonds. The minimum absolute atomic E-state index is 0.824. The number of nitrogens with zero attached hydrogens (tertiary/aromatic N) is 1. The second-order valence-corrected chi connectivity index (χ2v) is 5.31. The normalized spacial score (nSPS) is 20.9. The molecule has 76 valence electrons.